The van der Waals surface area contributed by atoms with Crippen LogP contribution in [0.4, 0.5) is 5.69 Å². The van der Waals surface area contributed by atoms with Crippen LogP contribution in [0, 0.1) is 0 Å². The summed E-state index contributed by atoms with van der Waals surface area (Å²) in [6.07, 6.45) is 1.53. The highest BCUT2D eigenvalue weighted by atomic mass is 32.2. The summed E-state index contributed by atoms with van der Waals surface area (Å²) in [7, 11) is 4.49. The molecule has 2 amide bonds. The predicted octanol–water partition coefficient (Wildman–Crippen LogP) is 6.50. The van der Waals surface area contributed by atoms with Gasteiger partial charge in [0.15, 0.2) is 17.3 Å². The average molecular weight is 627 g/mol. The minimum absolute atomic E-state index is 0.00229. The number of hydrogen-bond donors (Lipinski definition) is 2. The Hall–Kier alpha value is -5.22. The van der Waals surface area contributed by atoms with E-state index >= 15 is 0 Å². The van der Waals surface area contributed by atoms with Crippen LogP contribution in [0.15, 0.2) is 102 Å². The molecule has 0 radical (unpaired) electrons. The molecular weight excluding hydrogens is 592 g/mol. The first-order valence-electron chi connectivity index (χ1n) is 14.0. The molecule has 0 atom stereocenters. The minimum atomic E-state index is -0.542. The lowest BCUT2D eigenvalue weighted by molar-refractivity contribution is -0.113. The number of carbonyl (C=O) groups excluding carboxylic acids is 3. The zero-order valence-corrected chi connectivity index (χ0v) is 26.2. The van der Waals surface area contributed by atoms with E-state index in [1.54, 1.807) is 78.9 Å². The fourth-order valence-corrected chi connectivity index (χ4v) is 5.06. The van der Waals surface area contributed by atoms with Crippen LogP contribution in [0.25, 0.3) is 6.08 Å². The van der Waals surface area contributed by atoms with Crippen LogP contribution in [0.1, 0.15) is 33.2 Å². The number of carbonyl (C=O) groups is 3. The molecule has 10 heteroatoms. The Kier molecular flexibility index (Phi) is 11.6. The Morgan fingerprint density at radius 3 is 2.00 bits per heavy atom. The third-order valence-corrected chi connectivity index (χ3v) is 7.51. The van der Waals surface area contributed by atoms with Gasteiger partial charge >= 0.3 is 0 Å². The standard InChI is InChI=1S/C35H34N2O7S/c1-5-44-27-15-11-24(12-16-27)30(38)22-45-28-17-13-26(14-18-28)36-35(40)29(37-34(39)25-9-7-6-8-10-25)19-23-20-31(41-2)33(43-4)32(21-23)42-3/h6-21H,5,22H2,1-4H3,(H,36,40)(H,37,39)/b29-19-. The van der Waals surface area contributed by atoms with Gasteiger partial charge < -0.3 is 29.6 Å². The van der Waals surface area contributed by atoms with Gasteiger partial charge in [-0.2, -0.15) is 0 Å². The van der Waals surface area contributed by atoms with Gasteiger partial charge in [0.25, 0.3) is 11.8 Å². The van der Waals surface area contributed by atoms with Crippen molar-refractivity contribution in [2.45, 2.75) is 11.8 Å². The van der Waals surface area contributed by atoms with Crippen molar-refractivity contribution in [3.63, 3.8) is 0 Å². The number of hydrogen-bond acceptors (Lipinski definition) is 8. The lowest BCUT2D eigenvalue weighted by atomic mass is 10.1. The minimum Gasteiger partial charge on any atom is -0.494 e. The fourth-order valence-electron chi connectivity index (χ4n) is 4.26. The van der Waals surface area contributed by atoms with E-state index in [9.17, 15) is 14.4 Å². The van der Waals surface area contributed by atoms with Gasteiger partial charge in [-0.1, -0.05) is 18.2 Å². The molecule has 2 N–H and O–H groups in total. The average Bonchev–Trinajstić information content (AvgIpc) is 3.07. The number of anilines is 1. The molecule has 0 saturated carbocycles. The molecule has 4 rings (SSSR count). The second kappa shape index (κ2) is 16.0. The molecule has 0 saturated heterocycles. The number of ether oxygens (including phenoxy) is 4. The summed E-state index contributed by atoms with van der Waals surface area (Å²) < 4.78 is 21.7. The smallest absolute Gasteiger partial charge is 0.272 e. The summed E-state index contributed by atoms with van der Waals surface area (Å²) in [6, 6.07) is 26.1. The largest absolute Gasteiger partial charge is 0.494 e. The lowest BCUT2D eigenvalue weighted by Gasteiger charge is -2.15. The van der Waals surface area contributed by atoms with Crippen LogP contribution in [0.2, 0.25) is 0 Å². The summed E-state index contributed by atoms with van der Waals surface area (Å²) >= 11 is 1.39. The molecule has 0 unspecified atom stereocenters. The number of methoxy groups -OCH3 is 3. The van der Waals surface area contributed by atoms with Gasteiger partial charge in [-0.15, -0.1) is 11.8 Å². The molecule has 0 fully saturated rings. The number of Topliss-reactive ketones (excluding diaryl/α,β-unsaturated/α-hetero) is 1. The van der Waals surface area contributed by atoms with Gasteiger partial charge in [-0.25, -0.2) is 0 Å². The van der Waals surface area contributed by atoms with E-state index in [1.807, 2.05) is 19.1 Å². The maximum absolute atomic E-state index is 13.5. The molecule has 0 heterocycles. The Labute approximate surface area is 266 Å². The number of nitrogens with one attached hydrogen (secondary N) is 2. The Balaban J connectivity index is 1.50. The van der Waals surface area contributed by atoms with E-state index in [0.717, 1.165) is 10.6 Å². The van der Waals surface area contributed by atoms with Gasteiger partial charge in [0.05, 0.1) is 33.7 Å². The van der Waals surface area contributed by atoms with Crippen molar-refractivity contribution < 1.29 is 33.3 Å². The molecule has 9 nitrogen and oxygen atoms in total. The van der Waals surface area contributed by atoms with E-state index in [2.05, 4.69) is 10.6 Å². The molecule has 0 aliphatic heterocycles. The van der Waals surface area contributed by atoms with E-state index in [1.165, 1.54) is 39.2 Å². The highest BCUT2D eigenvalue weighted by molar-refractivity contribution is 8.00. The van der Waals surface area contributed by atoms with Gasteiger partial charge in [-0.05, 0) is 91.4 Å². The lowest BCUT2D eigenvalue weighted by Crippen LogP contribution is -2.30. The molecule has 232 valence electrons. The summed E-state index contributed by atoms with van der Waals surface area (Å²) in [5, 5.41) is 5.56. The normalized spacial score (nSPS) is 10.9. The van der Waals surface area contributed by atoms with Gasteiger partial charge in [0.2, 0.25) is 5.75 Å². The van der Waals surface area contributed by atoms with Gasteiger partial charge in [0, 0.05) is 21.7 Å². The molecular formula is C35H34N2O7S. The van der Waals surface area contributed by atoms with E-state index in [-0.39, 0.29) is 17.2 Å². The molecule has 0 aliphatic rings. The van der Waals surface area contributed by atoms with Crippen LogP contribution in [0.5, 0.6) is 23.0 Å². The van der Waals surface area contributed by atoms with Crippen LogP contribution < -0.4 is 29.6 Å². The highest BCUT2D eigenvalue weighted by Crippen LogP contribution is 2.38. The fraction of sp³-hybridized carbons (Fsp3) is 0.171. The topological polar surface area (TPSA) is 112 Å². The molecule has 4 aromatic carbocycles. The Morgan fingerprint density at radius 2 is 1.42 bits per heavy atom. The molecule has 0 bridgehead atoms. The predicted molar refractivity (Wildman–Crippen MR) is 176 cm³/mol. The first-order valence-corrected chi connectivity index (χ1v) is 15.0. The second-order valence-corrected chi connectivity index (χ2v) is 10.5. The summed E-state index contributed by atoms with van der Waals surface area (Å²) in [5.41, 5.74) is 2.04. The SMILES string of the molecule is CCOc1ccc(C(=O)CSc2ccc(NC(=O)/C(=C/c3cc(OC)c(OC)c(OC)c3)NC(=O)c3ccccc3)cc2)cc1. The van der Waals surface area contributed by atoms with Crippen LogP contribution in [0.3, 0.4) is 0 Å². The summed E-state index contributed by atoms with van der Waals surface area (Å²) in [5.74, 6) is 1.17. The van der Waals surface area contributed by atoms with Crippen LogP contribution in [-0.4, -0.2) is 51.3 Å². The van der Waals surface area contributed by atoms with Crippen LogP contribution >= 0.6 is 11.8 Å². The van der Waals surface area contributed by atoms with Crippen LogP contribution in [-0.2, 0) is 4.79 Å². The van der Waals surface area contributed by atoms with Crippen molar-refractivity contribution in [3.05, 3.63) is 113 Å². The maximum atomic E-state index is 13.5. The molecule has 45 heavy (non-hydrogen) atoms. The van der Waals surface area contributed by atoms with Crippen molar-refractivity contribution in [1.82, 2.24) is 5.32 Å². The van der Waals surface area contributed by atoms with Crippen molar-refractivity contribution in [2.75, 3.05) is 39.0 Å². The molecule has 0 aliphatic carbocycles. The maximum Gasteiger partial charge on any atom is 0.272 e. The number of ketones is 1. The second-order valence-electron chi connectivity index (χ2n) is 9.48. The Morgan fingerprint density at radius 1 is 0.778 bits per heavy atom. The third-order valence-electron chi connectivity index (χ3n) is 6.50. The number of benzene rings is 4. The highest BCUT2D eigenvalue weighted by Gasteiger charge is 2.18. The van der Waals surface area contributed by atoms with Crippen molar-refractivity contribution in [1.29, 1.82) is 0 Å². The molecule has 0 aromatic heterocycles. The first-order chi connectivity index (χ1) is 21.8. The van der Waals surface area contributed by atoms with Crippen molar-refractivity contribution in [3.8, 4) is 23.0 Å². The van der Waals surface area contributed by atoms with Gasteiger partial charge in [-0.3, -0.25) is 14.4 Å². The monoisotopic (exact) mass is 626 g/mol. The van der Waals surface area contributed by atoms with E-state index in [4.69, 9.17) is 18.9 Å². The Bertz CT molecular complexity index is 1630. The van der Waals surface area contributed by atoms with E-state index < -0.39 is 11.8 Å². The van der Waals surface area contributed by atoms with E-state index in [0.29, 0.717) is 46.2 Å². The first kappa shape index (κ1) is 32.7. The molecule has 0 spiro atoms. The quantitative estimate of drug-likeness (QED) is 0.0928. The summed E-state index contributed by atoms with van der Waals surface area (Å²) in [4.78, 5) is 40.0. The third kappa shape index (κ3) is 8.90. The zero-order chi connectivity index (χ0) is 32.2. The number of rotatable bonds is 14. The number of thioether (sulfide) groups is 1. The van der Waals surface area contributed by atoms with Crippen molar-refractivity contribution >= 4 is 41.1 Å². The molecule has 4 aromatic rings. The van der Waals surface area contributed by atoms with Gasteiger partial charge in [0.1, 0.15) is 11.4 Å². The number of amides is 2. The zero-order valence-electron chi connectivity index (χ0n) is 25.4. The summed E-state index contributed by atoms with van der Waals surface area (Å²) in [6.45, 7) is 2.47. The van der Waals surface area contributed by atoms with Crippen molar-refractivity contribution in [2.24, 2.45) is 0 Å².